The van der Waals surface area contributed by atoms with Crippen LogP contribution in [0, 0.1) is 6.92 Å². The molecule has 2 rings (SSSR count). The molecule has 6 heteroatoms. The maximum absolute atomic E-state index is 12.3. The molecule has 0 spiro atoms. The van der Waals surface area contributed by atoms with E-state index in [9.17, 15) is 14.7 Å². The van der Waals surface area contributed by atoms with Crippen molar-refractivity contribution >= 4 is 17.7 Å². The van der Waals surface area contributed by atoms with Crippen molar-refractivity contribution in [1.29, 1.82) is 0 Å². The number of nitrogens with one attached hydrogen (secondary N) is 2. The van der Waals surface area contributed by atoms with Crippen molar-refractivity contribution in [2.45, 2.75) is 39.8 Å². The summed E-state index contributed by atoms with van der Waals surface area (Å²) in [5.74, 6) is -0.299. The molecule has 0 aliphatic heterocycles. The van der Waals surface area contributed by atoms with Crippen LogP contribution in [0.3, 0.4) is 0 Å². The van der Waals surface area contributed by atoms with Gasteiger partial charge >= 0.3 is 6.09 Å². The van der Waals surface area contributed by atoms with Gasteiger partial charge in [-0.05, 0) is 63.1 Å². The molecule has 0 aliphatic rings. The highest BCUT2D eigenvalue weighted by Gasteiger charge is 2.15. The number of benzene rings is 2. The molecular weight excluding hydrogens is 332 g/mol. The smallest absolute Gasteiger partial charge is 0.407 e. The third-order valence-corrected chi connectivity index (χ3v) is 3.45. The van der Waals surface area contributed by atoms with Crippen molar-refractivity contribution in [2.75, 3.05) is 5.32 Å². The molecule has 0 atom stereocenters. The zero-order valence-electron chi connectivity index (χ0n) is 15.4. The number of amides is 2. The van der Waals surface area contributed by atoms with Crippen LogP contribution in [-0.2, 0) is 11.3 Å². The molecule has 2 amide bonds. The highest BCUT2D eigenvalue weighted by atomic mass is 16.6. The summed E-state index contributed by atoms with van der Waals surface area (Å²) in [4.78, 5) is 23.9. The summed E-state index contributed by atoms with van der Waals surface area (Å²) in [5.41, 5.74) is 2.00. The maximum Gasteiger partial charge on any atom is 0.407 e. The molecule has 0 aromatic heterocycles. The molecule has 0 radical (unpaired) electrons. The molecule has 26 heavy (non-hydrogen) atoms. The monoisotopic (exact) mass is 356 g/mol. The van der Waals surface area contributed by atoms with Crippen molar-refractivity contribution in [2.24, 2.45) is 0 Å². The lowest BCUT2D eigenvalue weighted by Gasteiger charge is -2.19. The number of anilines is 1. The fourth-order valence-electron chi connectivity index (χ4n) is 2.20. The Balaban J connectivity index is 1.94. The molecule has 0 unspecified atom stereocenters. The number of aromatic hydroxyl groups is 1. The van der Waals surface area contributed by atoms with E-state index in [0.29, 0.717) is 17.8 Å². The number of carbonyl (C=O) groups excluding carboxylic acids is 2. The van der Waals surface area contributed by atoms with Gasteiger partial charge in [0.15, 0.2) is 0 Å². The fraction of sp³-hybridized carbons (Fsp3) is 0.300. The van der Waals surface area contributed by atoms with E-state index in [2.05, 4.69) is 10.6 Å². The Hall–Kier alpha value is -3.02. The summed E-state index contributed by atoms with van der Waals surface area (Å²) in [7, 11) is 0. The average Bonchev–Trinajstić information content (AvgIpc) is 2.54. The molecule has 2 aromatic carbocycles. The van der Waals surface area contributed by atoms with E-state index < -0.39 is 11.7 Å². The van der Waals surface area contributed by atoms with E-state index in [4.69, 9.17) is 4.74 Å². The number of rotatable bonds is 4. The van der Waals surface area contributed by atoms with E-state index in [0.717, 1.165) is 11.1 Å². The highest BCUT2D eigenvalue weighted by Crippen LogP contribution is 2.24. The van der Waals surface area contributed by atoms with E-state index in [1.807, 2.05) is 6.92 Å². The summed E-state index contributed by atoms with van der Waals surface area (Å²) in [6, 6.07) is 11.9. The Morgan fingerprint density at radius 3 is 2.31 bits per heavy atom. The summed E-state index contributed by atoms with van der Waals surface area (Å²) in [6.07, 6.45) is -0.492. The zero-order chi connectivity index (χ0) is 19.3. The predicted octanol–water partition coefficient (Wildman–Crippen LogP) is 3.98. The molecule has 138 valence electrons. The second-order valence-electron chi connectivity index (χ2n) is 7.03. The number of ether oxygens (including phenoxy) is 1. The van der Waals surface area contributed by atoms with E-state index >= 15 is 0 Å². The van der Waals surface area contributed by atoms with Gasteiger partial charge in [-0.2, -0.15) is 0 Å². The molecule has 0 fully saturated rings. The number of phenolic OH excluding ortho intramolecular Hbond substituents is 1. The van der Waals surface area contributed by atoms with Gasteiger partial charge in [0.2, 0.25) is 0 Å². The van der Waals surface area contributed by atoms with Gasteiger partial charge < -0.3 is 20.5 Å². The Kier molecular flexibility index (Phi) is 5.87. The minimum atomic E-state index is -0.548. The lowest BCUT2D eigenvalue weighted by Crippen LogP contribution is -2.32. The lowest BCUT2D eigenvalue weighted by atomic mass is 10.1. The molecule has 0 heterocycles. The second kappa shape index (κ2) is 7.91. The van der Waals surface area contributed by atoms with Crippen molar-refractivity contribution < 1.29 is 19.4 Å². The second-order valence-corrected chi connectivity index (χ2v) is 7.03. The van der Waals surface area contributed by atoms with Gasteiger partial charge in [-0.3, -0.25) is 4.79 Å². The fourth-order valence-corrected chi connectivity index (χ4v) is 2.20. The molecule has 3 N–H and O–H groups in total. The summed E-state index contributed by atoms with van der Waals surface area (Å²) in [5, 5.41) is 15.2. The Morgan fingerprint density at radius 1 is 1.08 bits per heavy atom. The Labute approximate surface area is 153 Å². The van der Waals surface area contributed by atoms with Gasteiger partial charge in [-0.1, -0.05) is 18.2 Å². The quantitative estimate of drug-likeness (QED) is 0.723. The first-order chi connectivity index (χ1) is 12.1. The van der Waals surface area contributed by atoms with Crippen LogP contribution in [0.2, 0.25) is 0 Å². The first kappa shape index (κ1) is 19.3. The molecule has 0 aliphatic carbocycles. The Bertz CT molecular complexity index is 792. The van der Waals surface area contributed by atoms with Crippen LogP contribution in [0.4, 0.5) is 10.5 Å². The number of hydrogen-bond donors (Lipinski definition) is 3. The SMILES string of the molecule is Cc1ccc(NC(=O)c2ccc(CNC(=O)OC(C)(C)C)cc2)c(O)c1. The molecule has 0 bridgehead atoms. The van der Waals surface area contributed by atoms with Crippen LogP contribution in [0.5, 0.6) is 5.75 Å². The van der Waals surface area contributed by atoms with Gasteiger partial charge in [-0.25, -0.2) is 4.79 Å². The Morgan fingerprint density at radius 2 is 1.73 bits per heavy atom. The zero-order valence-corrected chi connectivity index (χ0v) is 15.4. The average molecular weight is 356 g/mol. The maximum atomic E-state index is 12.3. The largest absolute Gasteiger partial charge is 0.506 e. The van der Waals surface area contributed by atoms with Crippen molar-refractivity contribution in [3.63, 3.8) is 0 Å². The standard InChI is InChI=1S/C20H24N2O4/c1-13-5-10-16(17(23)11-13)22-18(24)15-8-6-14(7-9-15)12-21-19(25)26-20(2,3)4/h5-11,23H,12H2,1-4H3,(H,21,25)(H,22,24). The van der Waals surface area contributed by atoms with Crippen molar-refractivity contribution in [1.82, 2.24) is 5.32 Å². The third-order valence-electron chi connectivity index (χ3n) is 3.45. The molecular formula is C20H24N2O4. The van der Waals surface area contributed by atoms with Crippen molar-refractivity contribution in [3.8, 4) is 5.75 Å². The minimum Gasteiger partial charge on any atom is -0.506 e. The summed E-state index contributed by atoms with van der Waals surface area (Å²) < 4.78 is 5.17. The molecule has 0 saturated carbocycles. The van der Waals surface area contributed by atoms with Crippen LogP contribution in [-0.4, -0.2) is 22.7 Å². The summed E-state index contributed by atoms with van der Waals surface area (Å²) >= 11 is 0. The van der Waals surface area contributed by atoms with Gasteiger partial charge in [0.1, 0.15) is 11.4 Å². The molecule has 0 saturated heterocycles. The minimum absolute atomic E-state index is 0.0246. The predicted molar refractivity (Wildman–Crippen MR) is 100 cm³/mol. The van der Waals surface area contributed by atoms with Crippen LogP contribution in [0.1, 0.15) is 42.3 Å². The number of carbonyl (C=O) groups is 2. The number of hydrogen-bond acceptors (Lipinski definition) is 4. The first-order valence-electron chi connectivity index (χ1n) is 8.31. The molecule has 2 aromatic rings. The van der Waals surface area contributed by atoms with Crippen LogP contribution in [0.15, 0.2) is 42.5 Å². The van der Waals surface area contributed by atoms with Gasteiger partial charge in [0.25, 0.3) is 5.91 Å². The number of phenols is 1. The number of aryl methyl sites for hydroxylation is 1. The van der Waals surface area contributed by atoms with Gasteiger partial charge in [0.05, 0.1) is 5.69 Å². The van der Waals surface area contributed by atoms with Crippen molar-refractivity contribution in [3.05, 3.63) is 59.2 Å². The van der Waals surface area contributed by atoms with Gasteiger partial charge in [0, 0.05) is 12.1 Å². The molecule has 6 nitrogen and oxygen atoms in total. The normalized spacial score (nSPS) is 10.9. The third kappa shape index (κ3) is 5.81. The van der Waals surface area contributed by atoms with E-state index in [1.54, 1.807) is 63.2 Å². The van der Waals surface area contributed by atoms with Crippen LogP contribution < -0.4 is 10.6 Å². The van der Waals surface area contributed by atoms with E-state index in [1.165, 1.54) is 0 Å². The first-order valence-corrected chi connectivity index (χ1v) is 8.31. The van der Waals surface area contributed by atoms with E-state index in [-0.39, 0.29) is 11.7 Å². The summed E-state index contributed by atoms with van der Waals surface area (Å²) in [6.45, 7) is 7.55. The number of alkyl carbamates (subject to hydrolysis) is 1. The van der Waals surface area contributed by atoms with Crippen LogP contribution in [0.25, 0.3) is 0 Å². The van der Waals surface area contributed by atoms with Crippen LogP contribution >= 0.6 is 0 Å². The van der Waals surface area contributed by atoms with Gasteiger partial charge in [-0.15, -0.1) is 0 Å². The topological polar surface area (TPSA) is 87.7 Å². The highest BCUT2D eigenvalue weighted by molar-refractivity contribution is 6.05. The lowest BCUT2D eigenvalue weighted by molar-refractivity contribution is 0.0523.